The first-order chi connectivity index (χ1) is 9.35. The molecule has 1 aromatic heterocycles. The first-order valence-electron chi connectivity index (χ1n) is 5.92. The lowest BCUT2D eigenvalue weighted by Crippen LogP contribution is -2.01. The van der Waals surface area contributed by atoms with Gasteiger partial charge in [0.2, 0.25) is 6.79 Å². The molecule has 2 heterocycles. The van der Waals surface area contributed by atoms with Gasteiger partial charge in [0.05, 0.1) is 23.9 Å². The van der Waals surface area contributed by atoms with E-state index in [1.54, 1.807) is 0 Å². The summed E-state index contributed by atoms with van der Waals surface area (Å²) < 4.78 is 16.2. The van der Waals surface area contributed by atoms with Gasteiger partial charge < -0.3 is 19.3 Å². The van der Waals surface area contributed by atoms with E-state index in [-0.39, 0.29) is 13.4 Å². The fourth-order valence-electron chi connectivity index (χ4n) is 1.76. The van der Waals surface area contributed by atoms with Crippen LogP contribution in [0.3, 0.4) is 0 Å². The summed E-state index contributed by atoms with van der Waals surface area (Å²) in [5.41, 5.74) is 0.711. The van der Waals surface area contributed by atoms with Crippen molar-refractivity contribution in [2.24, 2.45) is 0 Å². The highest BCUT2D eigenvalue weighted by Gasteiger charge is 2.13. The predicted octanol–water partition coefficient (Wildman–Crippen LogP) is 1.99. The Morgan fingerprint density at radius 2 is 2.21 bits per heavy atom. The van der Waals surface area contributed by atoms with Crippen LogP contribution < -0.4 is 14.2 Å². The van der Waals surface area contributed by atoms with E-state index in [1.807, 2.05) is 23.6 Å². The zero-order chi connectivity index (χ0) is 13.1. The molecule has 0 atom stereocenters. The number of benzene rings is 1. The van der Waals surface area contributed by atoms with Crippen molar-refractivity contribution in [2.75, 3.05) is 13.4 Å². The van der Waals surface area contributed by atoms with Gasteiger partial charge in [-0.1, -0.05) is 0 Å². The van der Waals surface area contributed by atoms with Crippen molar-refractivity contribution in [3.8, 4) is 17.2 Å². The number of ether oxygens (including phenoxy) is 3. The van der Waals surface area contributed by atoms with Crippen molar-refractivity contribution in [2.45, 2.75) is 13.0 Å². The molecule has 1 N–H and O–H groups in total. The maximum absolute atomic E-state index is 8.93. The Balaban J connectivity index is 1.54. The summed E-state index contributed by atoms with van der Waals surface area (Å²) in [6.07, 6.45) is 0.721. The first kappa shape index (κ1) is 12.3. The Labute approximate surface area is 114 Å². The normalized spacial score (nSPS) is 12.7. The Kier molecular flexibility index (Phi) is 3.52. The zero-order valence-electron chi connectivity index (χ0n) is 10.2. The van der Waals surface area contributed by atoms with Gasteiger partial charge in [0.1, 0.15) is 5.75 Å². The van der Waals surface area contributed by atoms with Crippen LogP contribution in [0.5, 0.6) is 17.2 Å². The Morgan fingerprint density at radius 3 is 3.05 bits per heavy atom. The van der Waals surface area contributed by atoms with Gasteiger partial charge in [0.25, 0.3) is 0 Å². The molecule has 19 heavy (non-hydrogen) atoms. The van der Waals surface area contributed by atoms with E-state index in [2.05, 4.69) is 4.98 Å². The van der Waals surface area contributed by atoms with Gasteiger partial charge in [-0.2, -0.15) is 0 Å². The van der Waals surface area contributed by atoms with E-state index < -0.39 is 0 Å². The largest absolute Gasteiger partial charge is 0.493 e. The van der Waals surface area contributed by atoms with E-state index in [1.165, 1.54) is 11.3 Å². The number of hydrogen-bond acceptors (Lipinski definition) is 6. The summed E-state index contributed by atoms with van der Waals surface area (Å²) in [4.78, 5) is 4.26. The molecule has 0 unspecified atom stereocenters. The van der Waals surface area contributed by atoms with Gasteiger partial charge in [-0.05, 0) is 12.1 Å². The third-order valence-corrected chi connectivity index (χ3v) is 3.65. The summed E-state index contributed by atoms with van der Waals surface area (Å²) >= 11 is 1.53. The second-order valence-corrected chi connectivity index (χ2v) is 4.95. The highest BCUT2D eigenvalue weighted by molar-refractivity contribution is 7.09. The summed E-state index contributed by atoms with van der Waals surface area (Å²) in [6, 6.07) is 5.52. The molecule has 0 aliphatic carbocycles. The van der Waals surface area contributed by atoms with Crippen LogP contribution in [0.4, 0.5) is 0 Å². The minimum Gasteiger partial charge on any atom is -0.493 e. The van der Waals surface area contributed by atoms with Gasteiger partial charge >= 0.3 is 0 Å². The SMILES string of the molecule is OCc1csc(CCOc2ccc3c(c2)OCO3)n1. The first-order valence-corrected chi connectivity index (χ1v) is 6.80. The average molecular weight is 279 g/mol. The zero-order valence-corrected chi connectivity index (χ0v) is 11.0. The third-order valence-electron chi connectivity index (χ3n) is 2.69. The molecule has 2 aromatic rings. The Hall–Kier alpha value is -1.79. The maximum atomic E-state index is 8.93. The van der Waals surface area contributed by atoms with E-state index in [9.17, 15) is 0 Å². The molecule has 3 rings (SSSR count). The van der Waals surface area contributed by atoms with Crippen LogP contribution in [0.15, 0.2) is 23.6 Å². The third kappa shape index (κ3) is 2.80. The molecule has 1 aromatic carbocycles. The predicted molar refractivity (Wildman–Crippen MR) is 69.8 cm³/mol. The van der Waals surface area contributed by atoms with Crippen LogP contribution in [0, 0.1) is 0 Å². The van der Waals surface area contributed by atoms with Crippen LogP contribution in [0.25, 0.3) is 0 Å². The molecule has 100 valence electrons. The van der Waals surface area contributed by atoms with Crippen molar-refractivity contribution < 1.29 is 19.3 Å². The van der Waals surface area contributed by atoms with E-state index >= 15 is 0 Å². The second kappa shape index (κ2) is 5.46. The minimum absolute atomic E-state index is 0.0144. The number of nitrogens with zero attached hydrogens (tertiary/aromatic N) is 1. The minimum atomic E-state index is -0.0144. The van der Waals surface area contributed by atoms with Gasteiger partial charge in [-0.15, -0.1) is 11.3 Å². The van der Waals surface area contributed by atoms with Crippen LogP contribution in [0.1, 0.15) is 10.7 Å². The van der Waals surface area contributed by atoms with Gasteiger partial charge in [-0.3, -0.25) is 0 Å². The lowest BCUT2D eigenvalue weighted by Gasteiger charge is -2.05. The number of aliphatic hydroxyl groups is 1. The van der Waals surface area contributed by atoms with Gasteiger partial charge in [0.15, 0.2) is 11.5 Å². The quantitative estimate of drug-likeness (QED) is 0.907. The number of aliphatic hydroxyl groups excluding tert-OH is 1. The molecule has 5 nitrogen and oxygen atoms in total. The number of hydrogen-bond donors (Lipinski definition) is 1. The fraction of sp³-hybridized carbons (Fsp3) is 0.308. The molecular weight excluding hydrogens is 266 g/mol. The summed E-state index contributed by atoms with van der Waals surface area (Å²) in [7, 11) is 0. The van der Waals surface area contributed by atoms with Crippen LogP contribution in [-0.4, -0.2) is 23.5 Å². The number of thiazole rings is 1. The topological polar surface area (TPSA) is 60.8 Å². The van der Waals surface area contributed by atoms with Crippen molar-refractivity contribution >= 4 is 11.3 Å². The average Bonchev–Trinajstić information content (AvgIpc) is 3.06. The summed E-state index contributed by atoms with van der Waals surface area (Å²) in [6.45, 7) is 0.791. The molecular formula is C13H13NO4S. The Bertz CT molecular complexity index is 570. The number of fused-ring (bicyclic) bond motifs is 1. The lowest BCUT2D eigenvalue weighted by atomic mass is 10.3. The van der Waals surface area contributed by atoms with Crippen molar-refractivity contribution in [1.82, 2.24) is 4.98 Å². The van der Waals surface area contributed by atoms with Gasteiger partial charge in [-0.25, -0.2) is 4.98 Å². The molecule has 0 amide bonds. The molecule has 6 heteroatoms. The highest BCUT2D eigenvalue weighted by atomic mass is 32.1. The van der Waals surface area contributed by atoms with E-state index in [0.717, 1.165) is 22.9 Å². The molecule has 1 aliphatic rings. The smallest absolute Gasteiger partial charge is 0.231 e. The molecule has 0 fully saturated rings. The van der Waals surface area contributed by atoms with Crippen LogP contribution in [-0.2, 0) is 13.0 Å². The van der Waals surface area contributed by atoms with E-state index in [4.69, 9.17) is 19.3 Å². The molecule has 0 saturated heterocycles. The standard InChI is InChI=1S/C13H13NO4S/c15-6-9-7-19-13(14-9)3-4-16-10-1-2-11-12(5-10)18-8-17-11/h1-2,5,7,15H,3-4,6,8H2. The molecule has 0 spiro atoms. The molecule has 0 radical (unpaired) electrons. The Morgan fingerprint density at radius 1 is 1.32 bits per heavy atom. The van der Waals surface area contributed by atoms with Gasteiger partial charge in [0, 0.05) is 17.9 Å². The van der Waals surface area contributed by atoms with Crippen molar-refractivity contribution in [3.05, 3.63) is 34.3 Å². The highest BCUT2D eigenvalue weighted by Crippen LogP contribution is 2.35. The van der Waals surface area contributed by atoms with Crippen LogP contribution in [0.2, 0.25) is 0 Å². The monoisotopic (exact) mass is 279 g/mol. The summed E-state index contributed by atoms with van der Waals surface area (Å²) in [5, 5.41) is 11.8. The maximum Gasteiger partial charge on any atom is 0.231 e. The molecule has 0 saturated carbocycles. The molecule has 1 aliphatic heterocycles. The number of rotatable bonds is 5. The number of aromatic nitrogens is 1. The van der Waals surface area contributed by atoms with Crippen molar-refractivity contribution in [3.63, 3.8) is 0 Å². The summed E-state index contributed by atoms with van der Waals surface area (Å²) in [5.74, 6) is 2.22. The lowest BCUT2D eigenvalue weighted by molar-refractivity contribution is 0.173. The fourth-order valence-corrected chi connectivity index (χ4v) is 2.53. The van der Waals surface area contributed by atoms with Crippen LogP contribution >= 0.6 is 11.3 Å². The van der Waals surface area contributed by atoms with Crippen molar-refractivity contribution in [1.29, 1.82) is 0 Å². The molecule has 0 bridgehead atoms. The van der Waals surface area contributed by atoms with E-state index in [0.29, 0.717) is 18.1 Å². The second-order valence-electron chi connectivity index (χ2n) is 4.00.